The van der Waals surface area contributed by atoms with Crippen molar-refractivity contribution >= 4 is 34.2 Å². The van der Waals surface area contributed by atoms with Gasteiger partial charge in [0.2, 0.25) is 5.91 Å². The quantitative estimate of drug-likeness (QED) is 0.810. The fourth-order valence-corrected chi connectivity index (χ4v) is 3.45. The first-order valence-electron chi connectivity index (χ1n) is 7.71. The van der Waals surface area contributed by atoms with E-state index in [2.05, 4.69) is 21.2 Å². The van der Waals surface area contributed by atoms with Crippen molar-refractivity contribution in [3.8, 4) is 5.75 Å². The monoisotopic (exact) mass is 404 g/mol. The Morgan fingerprint density at radius 1 is 1.26 bits per heavy atom. The number of hydrogen-bond acceptors (Lipinski definition) is 4. The van der Waals surface area contributed by atoms with E-state index >= 15 is 0 Å². The van der Waals surface area contributed by atoms with Gasteiger partial charge < -0.3 is 20.5 Å². The predicted molar refractivity (Wildman–Crippen MR) is 93.9 cm³/mol. The second-order valence-electron chi connectivity index (χ2n) is 5.86. The summed E-state index contributed by atoms with van der Waals surface area (Å²) in [5.74, 6) is 0.958. The van der Waals surface area contributed by atoms with E-state index in [1.807, 2.05) is 18.2 Å². The Morgan fingerprint density at radius 2 is 2.00 bits per heavy atom. The number of carbonyl (C=O) groups is 1. The van der Waals surface area contributed by atoms with Gasteiger partial charge in [-0.3, -0.25) is 4.79 Å². The first-order chi connectivity index (χ1) is 10.6. The maximum Gasteiger partial charge on any atom is 0.237 e. The first-order valence-corrected chi connectivity index (χ1v) is 8.50. The third kappa shape index (κ3) is 4.38. The van der Waals surface area contributed by atoms with Crippen LogP contribution in [0.3, 0.4) is 0 Å². The Labute approximate surface area is 150 Å². The normalized spacial score (nSPS) is 22.3. The van der Waals surface area contributed by atoms with Gasteiger partial charge in [-0.05, 0) is 37.0 Å². The van der Waals surface area contributed by atoms with E-state index in [0.29, 0.717) is 19.8 Å². The summed E-state index contributed by atoms with van der Waals surface area (Å²) in [5.41, 5.74) is 7.16. The molecule has 23 heavy (non-hydrogen) atoms. The topological polar surface area (TPSA) is 73.6 Å². The van der Waals surface area contributed by atoms with Gasteiger partial charge in [-0.15, -0.1) is 12.4 Å². The van der Waals surface area contributed by atoms with E-state index in [4.69, 9.17) is 15.2 Å². The molecule has 1 aromatic rings. The molecule has 128 valence electrons. The molecule has 0 aliphatic carbocycles. The van der Waals surface area contributed by atoms with Gasteiger partial charge >= 0.3 is 0 Å². The van der Waals surface area contributed by atoms with E-state index < -0.39 is 6.04 Å². The van der Waals surface area contributed by atoms with Gasteiger partial charge in [0.1, 0.15) is 5.75 Å². The van der Waals surface area contributed by atoms with Crippen molar-refractivity contribution in [2.24, 2.45) is 11.7 Å². The van der Waals surface area contributed by atoms with Crippen LogP contribution in [0, 0.1) is 5.92 Å². The van der Waals surface area contributed by atoms with Crippen LogP contribution in [0.4, 0.5) is 0 Å². The molecular weight excluding hydrogens is 384 g/mol. The molecule has 7 heteroatoms. The average molecular weight is 406 g/mol. The molecule has 0 spiro atoms. The summed E-state index contributed by atoms with van der Waals surface area (Å²) in [7, 11) is 0. The summed E-state index contributed by atoms with van der Waals surface area (Å²) in [5, 5.41) is 3.09. The van der Waals surface area contributed by atoms with E-state index in [1.165, 1.54) is 0 Å². The number of hydrogen-bond donors (Lipinski definition) is 2. The van der Waals surface area contributed by atoms with Gasteiger partial charge in [0.25, 0.3) is 0 Å². The lowest BCUT2D eigenvalue weighted by molar-refractivity contribution is -0.125. The van der Waals surface area contributed by atoms with Crippen LogP contribution < -0.4 is 15.8 Å². The van der Waals surface area contributed by atoms with Crippen LogP contribution in [0.2, 0.25) is 0 Å². The fourth-order valence-electron chi connectivity index (χ4n) is 3.07. The lowest BCUT2D eigenvalue weighted by Gasteiger charge is -2.31. The van der Waals surface area contributed by atoms with Gasteiger partial charge in [0.05, 0.1) is 18.7 Å². The summed E-state index contributed by atoms with van der Waals surface area (Å²) < 4.78 is 12.0. The number of ether oxygens (including phenoxy) is 2. The van der Waals surface area contributed by atoms with Crippen LogP contribution in [0.5, 0.6) is 5.75 Å². The van der Waals surface area contributed by atoms with Gasteiger partial charge in [0, 0.05) is 29.7 Å². The average Bonchev–Trinajstić information content (AvgIpc) is 2.55. The summed E-state index contributed by atoms with van der Waals surface area (Å²) in [6.45, 7) is 1.99. The van der Waals surface area contributed by atoms with Crippen LogP contribution in [-0.2, 0) is 9.53 Å². The van der Waals surface area contributed by atoms with Gasteiger partial charge in [-0.1, -0.05) is 15.9 Å². The highest BCUT2D eigenvalue weighted by atomic mass is 79.9. The number of amides is 1. The fraction of sp³-hybridized carbons (Fsp3) is 0.562. The van der Waals surface area contributed by atoms with Crippen LogP contribution in [0.15, 0.2) is 22.7 Å². The van der Waals surface area contributed by atoms with E-state index in [9.17, 15) is 4.79 Å². The Hall–Kier alpha value is -0.820. The van der Waals surface area contributed by atoms with Gasteiger partial charge in [-0.2, -0.15) is 0 Å². The zero-order valence-electron chi connectivity index (χ0n) is 12.8. The molecule has 2 atom stereocenters. The van der Waals surface area contributed by atoms with Crippen molar-refractivity contribution in [1.82, 2.24) is 5.32 Å². The molecule has 1 aromatic carbocycles. The summed E-state index contributed by atoms with van der Waals surface area (Å²) >= 11 is 3.47. The van der Waals surface area contributed by atoms with Crippen molar-refractivity contribution < 1.29 is 14.3 Å². The smallest absolute Gasteiger partial charge is 0.237 e. The van der Waals surface area contributed by atoms with Crippen LogP contribution in [0.1, 0.15) is 30.9 Å². The van der Waals surface area contributed by atoms with Gasteiger partial charge in [0.15, 0.2) is 0 Å². The molecule has 0 radical (unpaired) electrons. The lowest BCUT2D eigenvalue weighted by atomic mass is 9.91. The minimum atomic E-state index is -0.470. The standard InChI is InChI=1S/C16H21BrN2O3.ClH/c17-11-1-2-14-12(9-11)13(5-8-22-14)19-16(20)15(18)10-3-6-21-7-4-10;/h1-2,9-10,13,15H,3-8,18H2,(H,19,20);1H. The maximum atomic E-state index is 12.5. The number of nitrogens with one attached hydrogen (secondary N) is 1. The van der Waals surface area contributed by atoms with E-state index in [-0.39, 0.29) is 30.3 Å². The minimum absolute atomic E-state index is 0. The third-order valence-electron chi connectivity index (χ3n) is 4.40. The Bertz CT molecular complexity index is 552. The highest BCUT2D eigenvalue weighted by molar-refractivity contribution is 9.10. The second-order valence-corrected chi connectivity index (χ2v) is 6.77. The number of nitrogens with two attached hydrogens (primary N) is 1. The molecule has 1 fully saturated rings. The van der Waals surface area contributed by atoms with Crippen LogP contribution >= 0.6 is 28.3 Å². The number of benzene rings is 1. The van der Waals surface area contributed by atoms with Gasteiger partial charge in [-0.25, -0.2) is 0 Å². The van der Waals surface area contributed by atoms with Crippen molar-refractivity contribution in [2.75, 3.05) is 19.8 Å². The summed E-state index contributed by atoms with van der Waals surface area (Å²) in [4.78, 5) is 12.5. The highest BCUT2D eigenvalue weighted by Crippen LogP contribution is 2.34. The summed E-state index contributed by atoms with van der Waals surface area (Å²) in [6, 6.07) is 5.36. The molecule has 2 aliphatic rings. The van der Waals surface area contributed by atoms with E-state index in [1.54, 1.807) is 0 Å². The Balaban J connectivity index is 0.00000192. The number of fused-ring (bicyclic) bond motifs is 1. The van der Waals surface area contributed by atoms with Crippen molar-refractivity contribution in [3.63, 3.8) is 0 Å². The molecule has 0 bridgehead atoms. The van der Waals surface area contributed by atoms with E-state index in [0.717, 1.165) is 35.0 Å². The lowest BCUT2D eigenvalue weighted by Crippen LogP contribution is -2.48. The Morgan fingerprint density at radius 3 is 2.74 bits per heavy atom. The Kier molecular flexibility index (Phi) is 6.71. The largest absolute Gasteiger partial charge is 0.493 e. The maximum absolute atomic E-state index is 12.5. The van der Waals surface area contributed by atoms with Crippen LogP contribution in [0.25, 0.3) is 0 Å². The predicted octanol–water partition coefficient (Wildman–Crippen LogP) is 2.56. The number of carbonyl (C=O) groups excluding carboxylic acids is 1. The molecule has 3 N–H and O–H groups in total. The molecule has 3 rings (SSSR count). The third-order valence-corrected chi connectivity index (χ3v) is 4.90. The molecule has 2 aliphatic heterocycles. The van der Waals surface area contributed by atoms with Crippen molar-refractivity contribution in [2.45, 2.75) is 31.3 Å². The zero-order valence-corrected chi connectivity index (χ0v) is 15.2. The van der Waals surface area contributed by atoms with Crippen LogP contribution in [-0.4, -0.2) is 31.8 Å². The molecule has 5 nitrogen and oxygen atoms in total. The molecule has 2 heterocycles. The molecular formula is C16H22BrClN2O3. The molecule has 1 amide bonds. The molecule has 1 saturated heterocycles. The summed E-state index contributed by atoms with van der Waals surface area (Å²) in [6.07, 6.45) is 2.46. The highest BCUT2D eigenvalue weighted by Gasteiger charge is 2.30. The van der Waals surface area contributed by atoms with Crippen molar-refractivity contribution in [3.05, 3.63) is 28.2 Å². The number of rotatable bonds is 3. The SMILES string of the molecule is Cl.NC(C(=O)NC1CCOc2ccc(Br)cc21)C1CCOCC1. The molecule has 0 saturated carbocycles. The molecule has 2 unspecified atom stereocenters. The number of halogens is 2. The second kappa shape index (κ2) is 8.33. The van der Waals surface area contributed by atoms with Crippen molar-refractivity contribution in [1.29, 1.82) is 0 Å². The minimum Gasteiger partial charge on any atom is -0.493 e. The first kappa shape index (κ1) is 18.5. The molecule has 0 aromatic heterocycles. The zero-order chi connectivity index (χ0) is 15.5.